The van der Waals surface area contributed by atoms with Crippen LogP contribution < -0.4 is 10.1 Å². The molecule has 0 aromatic heterocycles. The SMILES string of the molecule is COCc1cccc(NC(=O)CCOc2ccc(F)cc2)c1. The molecule has 1 N–H and O–H groups in total. The van der Waals surface area contributed by atoms with E-state index in [1.54, 1.807) is 7.11 Å². The van der Waals surface area contributed by atoms with Crippen LogP contribution in [0.5, 0.6) is 5.75 Å². The normalized spacial score (nSPS) is 10.3. The Hall–Kier alpha value is -2.40. The van der Waals surface area contributed by atoms with Crippen LogP contribution in [0.3, 0.4) is 0 Å². The molecule has 0 saturated carbocycles. The average Bonchev–Trinajstić information content (AvgIpc) is 2.50. The summed E-state index contributed by atoms with van der Waals surface area (Å²) < 4.78 is 23.2. The van der Waals surface area contributed by atoms with Crippen molar-refractivity contribution in [3.63, 3.8) is 0 Å². The number of carbonyl (C=O) groups is 1. The van der Waals surface area contributed by atoms with Crippen LogP contribution in [0.15, 0.2) is 48.5 Å². The fourth-order valence-electron chi connectivity index (χ4n) is 1.92. The highest BCUT2D eigenvalue weighted by Gasteiger charge is 2.04. The van der Waals surface area contributed by atoms with E-state index in [-0.39, 0.29) is 24.8 Å². The van der Waals surface area contributed by atoms with Crippen LogP contribution in [0.4, 0.5) is 10.1 Å². The zero-order valence-corrected chi connectivity index (χ0v) is 12.3. The van der Waals surface area contributed by atoms with Gasteiger partial charge < -0.3 is 14.8 Å². The summed E-state index contributed by atoms with van der Waals surface area (Å²) in [5, 5.41) is 2.80. The minimum absolute atomic E-state index is 0.142. The van der Waals surface area contributed by atoms with Crippen molar-refractivity contribution in [2.45, 2.75) is 13.0 Å². The van der Waals surface area contributed by atoms with Crippen molar-refractivity contribution in [1.82, 2.24) is 0 Å². The van der Waals surface area contributed by atoms with Crippen LogP contribution in [0.1, 0.15) is 12.0 Å². The predicted molar refractivity (Wildman–Crippen MR) is 82.3 cm³/mol. The van der Waals surface area contributed by atoms with Gasteiger partial charge in [-0.25, -0.2) is 4.39 Å². The molecular weight excluding hydrogens is 285 g/mol. The highest BCUT2D eigenvalue weighted by molar-refractivity contribution is 5.90. The van der Waals surface area contributed by atoms with E-state index in [2.05, 4.69) is 5.32 Å². The Morgan fingerprint density at radius 3 is 2.68 bits per heavy atom. The number of halogens is 1. The summed E-state index contributed by atoms with van der Waals surface area (Å²) >= 11 is 0. The van der Waals surface area contributed by atoms with E-state index >= 15 is 0 Å². The van der Waals surface area contributed by atoms with Gasteiger partial charge in [0.15, 0.2) is 0 Å². The highest BCUT2D eigenvalue weighted by Crippen LogP contribution is 2.13. The number of nitrogens with one attached hydrogen (secondary N) is 1. The fourth-order valence-corrected chi connectivity index (χ4v) is 1.92. The first-order chi connectivity index (χ1) is 10.7. The van der Waals surface area contributed by atoms with Gasteiger partial charge in [-0.05, 0) is 42.0 Å². The van der Waals surface area contributed by atoms with Gasteiger partial charge in [-0.15, -0.1) is 0 Å². The number of benzene rings is 2. The summed E-state index contributed by atoms with van der Waals surface area (Å²) in [7, 11) is 1.62. The van der Waals surface area contributed by atoms with E-state index in [1.165, 1.54) is 24.3 Å². The minimum atomic E-state index is -0.318. The Labute approximate surface area is 128 Å². The summed E-state index contributed by atoms with van der Waals surface area (Å²) in [5.74, 6) is 0.0778. The van der Waals surface area contributed by atoms with Crippen molar-refractivity contribution >= 4 is 11.6 Å². The molecule has 5 heteroatoms. The molecule has 0 fully saturated rings. The maximum Gasteiger partial charge on any atom is 0.227 e. The molecule has 0 saturated heterocycles. The molecule has 0 bridgehead atoms. The van der Waals surface area contributed by atoms with Gasteiger partial charge in [-0.2, -0.15) is 0 Å². The van der Waals surface area contributed by atoms with Crippen LogP contribution in [-0.4, -0.2) is 19.6 Å². The van der Waals surface area contributed by atoms with Gasteiger partial charge in [-0.3, -0.25) is 4.79 Å². The maximum atomic E-state index is 12.7. The molecule has 0 aliphatic carbocycles. The standard InChI is InChI=1S/C17H18FNO3/c1-21-12-13-3-2-4-15(11-13)19-17(20)9-10-22-16-7-5-14(18)6-8-16/h2-8,11H,9-10,12H2,1H3,(H,19,20). The molecule has 116 valence electrons. The van der Waals surface area contributed by atoms with Crippen molar-refractivity contribution in [1.29, 1.82) is 0 Å². The number of hydrogen-bond donors (Lipinski definition) is 1. The topological polar surface area (TPSA) is 47.6 Å². The number of carbonyl (C=O) groups excluding carboxylic acids is 1. The number of ether oxygens (including phenoxy) is 2. The molecule has 2 aromatic rings. The second-order valence-corrected chi connectivity index (χ2v) is 4.73. The molecule has 22 heavy (non-hydrogen) atoms. The van der Waals surface area contributed by atoms with Gasteiger partial charge in [0.05, 0.1) is 19.6 Å². The number of hydrogen-bond acceptors (Lipinski definition) is 3. The second-order valence-electron chi connectivity index (χ2n) is 4.73. The lowest BCUT2D eigenvalue weighted by atomic mass is 10.2. The number of rotatable bonds is 7. The summed E-state index contributed by atoms with van der Waals surface area (Å²) in [4.78, 5) is 11.8. The monoisotopic (exact) mass is 303 g/mol. The predicted octanol–water partition coefficient (Wildman–Crippen LogP) is 3.38. The van der Waals surface area contributed by atoms with Crippen molar-refractivity contribution in [3.05, 3.63) is 59.9 Å². The third-order valence-electron chi connectivity index (χ3n) is 2.93. The zero-order chi connectivity index (χ0) is 15.8. The molecule has 1 amide bonds. The third-order valence-corrected chi connectivity index (χ3v) is 2.93. The number of amides is 1. The lowest BCUT2D eigenvalue weighted by molar-refractivity contribution is -0.116. The summed E-state index contributed by atoms with van der Waals surface area (Å²) in [6.07, 6.45) is 0.214. The Morgan fingerprint density at radius 1 is 1.18 bits per heavy atom. The molecule has 4 nitrogen and oxygen atoms in total. The Balaban J connectivity index is 1.78. The van der Waals surface area contributed by atoms with Crippen LogP contribution in [0, 0.1) is 5.82 Å². The molecule has 0 radical (unpaired) electrons. The van der Waals surface area contributed by atoms with Gasteiger partial charge in [-0.1, -0.05) is 12.1 Å². The lowest BCUT2D eigenvalue weighted by Crippen LogP contribution is -2.15. The van der Waals surface area contributed by atoms with E-state index < -0.39 is 0 Å². The summed E-state index contributed by atoms with van der Waals surface area (Å²) in [6, 6.07) is 13.2. The summed E-state index contributed by atoms with van der Waals surface area (Å²) in [5.41, 5.74) is 1.71. The quantitative estimate of drug-likeness (QED) is 0.853. The fraction of sp³-hybridized carbons (Fsp3) is 0.235. The van der Waals surface area contributed by atoms with E-state index in [9.17, 15) is 9.18 Å². The van der Waals surface area contributed by atoms with Crippen LogP contribution in [0.2, 0.25) is 0 Å². The molecule has 0 heterocycles. The Morgan fingerprint density at radius 2 is 1.95 bits per heavy atom. The number of methoxy groups -OCH3 is 1. The average molecular weight is 303 g/mol. The minimum Gasteiger partial charge on any atom is -0.493 e. The molecule has 0 aliphatic heterocycles. The molecular formula is C17H18FNO3. The lowest BCUT2D eigenvalue weighted by Gasteiger charge is -2.08. The van der Waals surface area contributed by atoms with Gasteiger partial charge in [0.25, 0.3) is 0 Å². The van der Waals surface area contributed by atoms with E-state index in [0.717, 1.165) is 11.3 Å². The van der Waals surface area contributed by atoms with Crippen LogP contribution in [-0.2, 0) is 16.1 Å². The maximum absolute atomic E-state index is 12.7. The number of anilines is 1. The van der Waals surface area contributed by atoms with Gasteiger partial charge >= 0.3 is 0 Å². The molecule has 0 unspecified atom stereocenters. The van der Waals surface area contributed by atoms with Crippen molar-refractivity contribution in [2.24, 2.45) is 0 Å². The van der Waals surface area contributed by atoms with E-state index in [1.807, 2.05) is 24.3 Å². The van der Waals surface area contributed by atoms with E-state index in [4.69, 9.17) is 9.47 Å². The summed E-state index contributed by atoms with van der Waals surface area (Å²) in [6.45, 7) is 0.729. The molecule has 0 atom stereocenters. The first-order valence-corrected chi connectivity index (χ1v) is 6.93. The van der Waals surface area contributed by atoms with Crippen molar-refractivity contribution in [2.75, 3.05) is 19.0 Å². The highest BCUT2D eigenvalue weighted by atomic mass is 19.1. The third kappa shape index (κ3) is 5.18. The molecule has 0 spiro atoms. The smallest absolute Gasteiger partial charge is 0.227 e. The van der Waals surface area contributed by atoms with Crippen molar-refractivity contribution < 1.29 is 18.7 Å². The molecule has 0 aliphatic rings. The van der Waals surface area contributed by atoms with Crippen molar-refractivity contribution in [3.8, 4) is 5.75 Å². The molecule has 2 rings (SSSR count). The largest absolute Gasteiger partial charge is 0.493 e. The zero-order valence-electron chi connectivity index (χ0n) is 12.3. The Bertz CT molecular complexity index is 614. The van der Waals surface area contributed by atoms with E-state index in [0.29, 0.717) is 12.4 Å². The van der Waals surface area contributed by atoms with Gasteiger partial charge in [0.1, 0.15) is 11.6 Å². The molecule has 2 aromatic carbocycles. The van der Waals surface area contributed by atoms with Gasteiger partial charge in [0.2, 0.25) is 5.91 Å². The second kappa shape index (κ2) is 8.14. The van der Waals surface area contributed by atoms with Crippen LogP contribution in [0.25, 0.3) is 0 Å². The van der Waals surface area contributed by atoms with Gasteiger partial charge in [0, 0.05) is 12.8 Å². The first kappa shape index (κ1) is 16.0. The van der Waals surface area contributed by atoms with Crippen LogP contribution >= 0.6 is 0 Å². The first-order valence-electron chi connectivity index (χ1n) is 6.93. The Kier molecular flexibility index (Phi) is 5.91.